The van der Waals surface area contributed by atoms with Crippen LogP contribution in [0.15, 0.2) is 24.3 Å². The molecular formula is C16H18FNO4. The Kier molecular flexibility index (Phi) is 4.11. The van der Waals surface area contributed by atoms with Gasteiger partial charge in [-0.1, -0.05) is 12.1 Å². The summed E-state index contributed by atoms with van der Waals surface area (Å²) >= 11 is 0. The fourth-order valence-corrected chi connectivity index (χ4v) is 2.98. The van der Waals surface area contributed by atoms with E-state index in [1.54, 1.807) is 12.1 Å². The summed E-state index contributed by atoms with van der Waals surface area (Å²) in [6.07, 6.45) is 1.08. The minimum Gasteiger partial charge on any atom is -0.481 e. The highest BCUT2D eigenvalue weighted by Gasteiger charge is 2.48. The first-order chi connectivity index (χ1) is 10.6. The number of carboxylic acids is 1. The summed E-state index contributed by atoms with van der Waals surface area (Å²) in [7, 11) is 0. The van der Waals surface area contributed by atoms with Gasteiger partial charge in [-0.05, 0) is 30.5 Å². The van der Waals surface area contributed by atoms with Gasteiger partial charge in [-0.2, -0.15) is 0 Å². The van der Waals surface area contributed by atoms with Gasteiger partial charge in [0.1, 0.15) is 5.82 Å². The second-order valence-corrected chi connectivity index (χ2v) is 5.92. The number of halogens is 1. The van der Waals surface area contributed by atoms with E-state index in [0.717, 1.165) is 12.0 Å². The largest absolute Gasteiger partial charge is 0.481 e. The van der Waals surface area contributed by atoms with Gasteiger partial charge in [0.15, 0.2) is 0 Å². The molecule has 1 amide bonds. The van der Waals surface area contributed by atoms with E-state index in [-0.39, 0.29) is 23.7 Å². The molecule has 0 aromatic heterocycles. The van der Waals surface area contributed by atoms with E-state index < -0.39 is 17.8 Å². The van der Waals surface area contributed by atoms with Crippen molar-refractivity contribution in [3.05, 3.63) is 35.6 Å². The predicted octanol–water partition coefficient (Wildman–Crippen LogP) is 1.74. The highest BCUT2D eigenvalue weighted by atomic mass is 19.1. The van der Waals surface area contributed by atoms with Crippen LogP contribution in [0.5, 0.6) is 0 Å². The molecule has 1 aromatic carbocycles. The van der Waals surface area contributed by atoms with Crippen molar-refractivity contribution in [1.82, 2.24) is 5.32 Å². The molecule has 1 aliphatic heterocycles. The van der Waals surface area contributed by atoms with Crippen molar-refractivity contribution in [2.24, 2.45) is 17.8 Å². The van der Waals surface area contributed by atoms with Crippen molar-refractivity contribution in [1.29, 1.82) is 0 Å². The average Bonchev–Trinajstić information content (AvgIpc) is 3.18. The second kappa shape index (κ2) is 6.04. The molecule has 1 saturated carbocycles. The van der Waals surface area contributed by atoms with E-state index in [2.05, 4.69) is 5.32 Å². The number of ether oxygens (including phenoxy) is 1. The standard InChI is InChI=1S/C16H18FNO4/c17-11-3-1-9(2-4-11)14-10(5-6-22-14)8-18-15(19)12-7-13(12)16(20)21/h1-4,10,12-14H,5-8H2,(H,18,19)(H,20,21)/t10-,12?,13?,14-/m0/s1. The normalized spacial score (nSPS) is 30.0. The lowest BCUT2D eigenvalue weighted by Gasteiger charge is -2.19. The summed E-state index contributed by atoms with van der Waals surface area (Å²) in [6, 6.07) is 6.19. The molecule has 2 unspecified atom stereocenters. The quantitative estimate of drug-likeness (QED) is 0.869. The van der Waals surface area contributed by atoms with E-state index in [1.807, 2.05) is 0 Å². The Hall–Kier alpha value is -1.95. The number of rotatable bonds is 5. The van der Waals surface area contributed by atoms with Crippen molar-refractivity contribution in [2.75, 3.05) is 13.2 Å². The molecule has 0 bridgehead atoms. The molecule has 1 aliphatic carbocycles. The molecule has 2 N–H and O–H groups in total. The minimum atomic E-state index is -0.909. The third-order valence-electron chi connectivity index (χ3n) is 4.40. The van der Waals surface area contributed by atoms with Crippen LogP contribution in [0.3, 0.4) is 0 Å². The Labute approximate surface area is 127 Å². The molecule has 5 nitrogen and oxygen atoms in total. The zero-order valence-electron chi connectivity index (χ0n) is 12.0. The van der Waals surface area contributed by atoms with E-state index in [0.29, 0.717) is 19.6 Å². The van der Waals surface area contributed by atoms with Gasteiger partial charge in [0.25, 0.3) is 0 Å². The summed E-state index contributed by atoms with van der Waals surface area (Å²) < 4.78 is 18.7. The van der Waals surface area contributed by atoms with Gasteiger partial charge in [-0.3, -0.25) is 9.59 Å². The van der Waals surface area contributed by atoms with E-state index in [9.17, 15) is 14.0 Å². The summed E-state index contributed by atoms with van der Waals surface area (Å²) in [5.41, 5.74) is 0.896. The van der Waals surface area contributed by atoms with Crippen molar-refractivity contribution >= 4 is 11.9 Å². The number of nitrogens with one attached hydrogen (secondary N) is 1. The smallest absolute Gasteiger partial charge is 0.307 e. The maximum Gasteiger partial charge on any atom is 0.307 e. The highest BCUT2D eigenvalue weighted by molar-refractivity contribution is 5.89. The van der Waals surface area contributed by atoms with Crippen LogP contribution in [0.2, 0.25) is 0 Å². The highest BCUT2D eigenvalue weighted by Crippen LogP contribution is 2.39. The number of aliphatic carboxylic acids is 1. The summed E-state index contributed by atoms with van der Waals surface area (Å²) in [5.74, 6) is -2.21. The molecule has 118 valence electrons. The molecule has 6 heteroatoms. The van der Waals surface area contributed by atoms with Gasteiger partial charge >= 0.3 is 5.97 Å². The van der Waals surface area contributed by atoms with Crippen molar-refractivity contribution < 1.29 is 23.8 Å². The number of hydrogen-bond acceptors (Lipinski definition) is 3. The van der Waals surface area contributed by atoms with Gasteiger partial charge in [0.05, 0.1) is 17.9 Å². The van der Waals surface area contributed by atoms with Crippen molar-refractivity contribution in [3.8, 4) is 0 Å². The fraction of sp³-hybridized carbons (Fsp3) is 0.500. The Bertz CT molecular complexity index is 574. The van der Waals surface area contributed by atoms with E-state index in [1.165, 1.54) is 12.1 Å². The number of benzene rings is 1. The maximum absolute atomic E-state index is 13.0. The lowest BCUT2D eigenvalue weighted by molar-refractivity contribution is -0.140. The Morgan fingerprint density at radius 2 is 2.00 bits per heavy atom. The molecule has 1 saturated heterocycles. The van der Waals surface area contributed by atoms with Crippen LogP contribution in [0.1, 0.15) is 24.5 Å². The van der Waals surface area contributed by atoms with Crippen molar-refractivity contribution in [3.63, 3.8) is 0 Å². The molecule has 2 aliphatic rings. The van der Waals surface area contributed by atoms with Gasteiger partial charge in [0.2, 0.25) is 5.91 Å². The zero-order valence-corrected chi connectivity index (χ0v) is 12.0. The van der Waals surface area contributed by atoms with Gasteiger partial charge in [0, 0.05) is 19.1 Å². The summed E-state index contributed by atoms with van der Waals surface area (Å²) in [6.45, 7) is 1.05. The van der Waals surface area contributed by atoms with Gasteiger partial charge in [-0.25, -0.2) is 4.39 Å². The molecule has 4 atom stereocenters. The lowest BCUT2D eigenvalue weighted by atomic mass is 9.95. The zero-order chi connectivity index (χ0) is 15.7. The maximum atomic E-state index is 13.0. The first-order valence-corrected chi connectivity index (χ1v) is 7.44. The molecule has 1 heterocycles. The first-order valence-electron chi connectivity index (χ1n) is 7.44. The van der Waals surface area contributed by atoms with E-state index >= 15 is 0 Å². The third kappa shape index (κ3) is 3.11. The van der Waals surface area contributed by atoms with Crippen LogP contribution in [0.25, 0.3) is 0 Å². The monoisotopic (exact) mass is 307 g/mol. The fourth-order valence-electron chi connectivity index (χ4n) is 2.98. The van der Waals surface area contributed by atoms with Crippen LogP contribution >= 0.6 is 0 Å². The molecule has 1 aromatic rings. The molecule has 22 heavy (non-hydrogen) atoms. The van der Waals surface area contributed by atoms with Crippen LogP contribution in [0.4, 0.5) is 4.39 Å². The Balaban J connectivity index is 1.54. The Morgan fingerprint density at radius 3 is 2.64 bits per heavy atom. The van der Waals surface area contributed by atoms with Gasteiger partial charge < -0.3 is 15.2 Å². The minimum absolute atomic E-state index is 0.122. The topological polar surface area (TPSA) is 75.6 Å². The molecule has 0 radical (unpaired) electrons. The van der Waals surface area contributed by atoms with E-state index in [4.69, 9.17) is 9.84 Å². The van der Waals surface area contributed by atoms with Crippen LogP contribution < -0.4 is 5.32 Å². The Morgan fingerprint density at radius 1 is 1.27 bits per heavy atom. The summed E-state index contributed by atoms with van der Waals surface area (Å²) in [5, 5.41) is 11.7. The number of amides is 1. The molecule has 2 fully saturated rings. The average molecular weight is 307 g/mol. The summed E-state index contributed by atoms with van der Waals surface area (Å²) in [4.78, 5) is 22.7. The van der Waals surface area contributed by atoms with Crippen LogP contribution in [0, 0.1) is 23.6 Å². The predicted molar refractivity (Wildman–Crippen MR) is 75.4 cm³/mol. The van der Waals surface area contributed by atoms with Crippen LogP contribution in [-0.2, 0) is 14.3 Å². The number of carbonyl (C=O) groups is 2. The van der Waals surface area contributed by atoms with Gasteiger partial charge in [-0.15, -0.1) is 0 Å². The number of carbonyl (C=O) groups excluding carboxylic acids is 1. The second-order valence-electron chi connectivity index (χ2n) is 5.92. The third-order valence-corrected chi connectivity index (χ3v) is 4.40. The van der Waals surface area contributed by atoms with Crippen molar-refractivity contribution in [2.45, 2.75) is 18.9 Å². The molecule has 3 rings (SSSR count). The first kappa shape index (κ1) is 15.0. The molecule has 0 spiro atoms. The SMILES string of the molecule is O=C(O)C1CC1C(=O)NC[C@@H]1CCO[C@H]1c1ccc(F)cc1. The number of carboxylic acid groups (broad SMARTS) is 1. The van der Waals surface area contributed by atoms with Crippen LogP contribution in [-0.4, -0.2) is 30.1 Å². The molecular weight excluding hydrogens is 289 g/mol. The number of hydrogen-bond donors (Lipinski definition) is 2. The lowest BCUT2D eigenvalue weighted by Crippen LogP contribution is -2.32.